The van der Waals surface area contributed by atoms with Crippen LogP contribution in [0.4, 0.5) is 5.69 Å². The highest BCUT2D eigenvalue weighted by atomic mass is 35.5. The molecule has 0 aliphatic carbocycles. The fourth-order valence-electron chi connectivity index (χ4n) is 1.90. The molecule has 0 fully saturated rings. The minimum absolute atomic E-state index is 0.0595. The van der Waals surface area contributed by atoms with Crippen LogP contribution in [0, 0.1) is 0 Å². The molecule has 0 atom stereocenters. The van der Waals surface area contributed by atoms with Gasteiger partial charge in [0.25, 0.3) is 0 Å². The number of benzene rings is 2. The molecule has 3 heteroatoms. The van der Waals surface area contributed by atoms with Gasteiger partial charge in [-0.25, -0.2) is 0 Å². The van der Waals surface area contributed by atoms with Crippen molar-refractivity contribution in [3.8, 4) is 0 Å². The summed E-state index contributed by atoms with van der Waals surface area (Å²) in [4.78, 5) is 12.4. The second-order valence-electron chi connectivity index (χ2n) is 4.42. The monoisotopic (exact) mass is 285 g/mol. The van der Waals surface area contributed by atoms with Gasteiger partial charge in [-0.1, -0.05) is 48.6 Å². The Labute approximate surface area is 123 Å². The molecule has 2 aromatic carbocycles. The van der Waals surface area contributed by atoms with Crippen molar-refractivity contribution < 1.29 is 4.79 Å². The Kier molecular flexibility index (Phi) is 4.97. The Morgan fingerprint density at radius 1 is 1.15 bits per heavy atom. The van der Waals surface area contributed by atoms with Crippen molar-refractivity contribution in [2.75, 3.05) is 11.6 Å². The Morgan fingerprint density at radius 3 is 2.60 bits per heavy atom. The number of carbonyl (C=O) groups is 1. The van der Waals surface area contributed by atoms with E-state index in [-0.39, 0.29) is 5.78 Å². The van der Waals surface area contributed by atoms with Crippen molar-refractivity contribution in [3.63, 3.8) is 0 Å². The van der Waals surface area contributed by atoms with E-state index in [0.29, 0.717) is 22.7 Å². The highest BCUT2D eigenvalue weighted by Gasteiger charge is 2.12. The first-order chi connectivity index (χ1) is 9.72. The van der Waals surface area contributed by atoms with Gasteiger partial charge in [0.05, 0.1) is 0 Å². The van der Waals surface area contributed by atoms with Gasteiger partial charge in [0.15, 0.2) is 5.78 Å². The average Bonchev–Trinajstić information content (AvgIpc) is 2.49. The van der Waals surface area contributed by atoms with Crippen LogP contribution < -0.4 is 5.73 Å². The number of hydrogen-bond donors (Lipinski definition) is 1. The fraction of sp³-hybridized carbons (Fsp3) is 0.118. The molecule has 0 heterocycles. The predicted molar refractivity (Wildman–Crippen MR) is 85.1 cm³/mol. The topological polar surface area (TPSA) is 43.1 Å². The van der Waals surface area contributed by atoms with E-state index in [0.717, 1.165) is 12.0 Å². The van der Waals surface area contributed by atoms with Gasteiger partial charge in [0.2, 0.25) is 0 Å². The van der Waals surface area contributed by atoms with Gasteiger partial charge in [0.1, 0.15) is 0 Å². The van der Waals surface area contributed by atoms with E-state index < -0.39 is 0 Å². The van der Waals surface area contributed by atoms with Crippen LogP contribution in [-0.2, 0) is 0 Å². The number of nitrogens with two attached hydrogens (primary N) is 1. The summed E-state index contributed by atoms with van der Waals surface area (Å²) in [5.41, 5.74) is 8.53. The molecule has 0 amide bonds. The number of allylic oxidation sites excluding steroid dienone is 1. The number of nitrogen functional groups attached to an aromatic ring is 1. The highest BCUT2D eigenvalue weighted by molar-refractivity contribution is 6.18. The number of anilines is 1. The van der Waals surface area contributed by atoms with Crippen LogP contribution in [0.25, 0.3) is 6.08 Å². The first kappa shape index (κ1) is 14.4. The number of halogens is 1. The normalized spacial score (nSPS) is 10.8. The summed E-state index contributed by atoms with van der Waals surface area (Å²) in [7, 11) is 0. The van der Waals surface area contributed by atoms with Crippen molar-refractivity contribution in [2.24, 2.45) is 0 Å². The molecule has 0 spiro atoms. The van der Waals surface area contributed by atoms with E-state index in [1.54, 1.807) is 18.2 Å². The lowest BCUT2D eigenvalue weighted by Crippen LogP contribution is -2.05. The molecule has 0 aliphatic rings. The Bertz CT molecular complexity index is 620. The van der Waals surface area contributed by atoms with Crippen LogP contribution in [0.3, 0.4) is 0 Å². The van der Waals surface area contributed by atoms with Gasteiger partial charge in [-0.2, -0.15) is 0 Å². The lowest BCUT2D eigenvalue weighted by Gasteiger charge is -2.06. The standard InChI is InChI=1S/C17H16ClNO/c18-11-5-4-6-13-9-10-16(19)15(12-13)17(20)14-7-2-1-3-8-14/h1-4,6-10,12H,5,11,19H2. The summed E-state index contributed by atoms with van der Waals surface area (Å²) in [6, 6.07) is 14.6. The van der Waals surface area contributed by atoms with E-state index in [4.69, 9.17) is 17.3 Å². The first-order valence-electron chi connectivity index (χ1n) is 6.44. The third-order valence-corrected chi connectivity index (χ3v) is 3.16. The van der Waals surface area contributed by atoms with Gasteiger partial charge < -0.3 is 5.73 Å². The van der Waals surface area contributed by atoms with E-state index >= 15 is 0 Å². The Hall–Kier alpha value is -2.06. The maximum Gasteiger partial charge on any atom is 0.195 e. The van der Waals surface area contributed by atoms with Crippen LogP contribution >= 0.6 is 11.6 Å². The van der Waals surface area contributed by atoms with Gasteiger partial charge in [-0.15, -0.1) is 11.6 Å². The molecule has 0 bridgehead atoms. The number of alkyl halides is 1. The molecule has 2 aromatic rings. The molecule has 0 unspecified atom stereocenters. The van der Waals surface area contributed by atoms with Crippen LogP contribution in [-0.4, -0.2) is 11.7 Å². The Balaban J connectivity index is 2.31. The Morgan fingerprint density at radius 2 is 1.90 bits per heavy atom. The van der Waals surface area contributed by atoms with Gasteiger partial charge in [-0.05, 0) is 24.1 Å². The molecule has 2 N–H and O–H groups in total. The summed E-state index contributed by atoms with van der Waals surface area (Å²) in [6.07, 6.45) is 4.73. The van der Waals surface area contributed by atoms with Gasteiger partial charge >= 0.3 is 0 Å². The smallest absolute Gasteiger partial charge is 0.195 e. The first-order valence-corrected chi connectivity index (χ1v) is 6.97. The third kappa shape index (κ3) is 3.49. The van der Waals surface area contributed by atoms with Crippen molar-refractivity contribution in [2.45, 2.75) is 6.42 Å². The van der Waals surface area contributed by atoms with E-state index in [9.17, 15) is 4.79 Å². The van der Waals surface area contributed by atoms with Crippen LogP contribution in [0.5, 0.6) is 0 Å². The predicted octanol–water partition coefficient (Wildman–Crippen LogP) is 4.14. The van der Waals surface area contributed by atoms with Crippen molar-refractivity contribution >= 4 is 29.1 Å². The number of rotatable bonds is 5. The minimum Gasteiger partial charge on any atom is -0.398 e. The maximum atomic E-state index is 12.4. The largest absolute Gasteiger partial charge is 0.398 e. The van der Waals surface area contributed by atoms with Crippen LogP contribution in [0.1, 0.15) is 27.9 Å². The number of ketones is 1. The van der Waals surface area contributed by atoms with Crippen molar-refractivity contribution in [1.82, 2.24) is 0 Å². The summed E-state index contributed by atoms with van der Waals surface area (Å²) in [6.45, 7) is 0. The molecule has 0 aliphatic heterocycles. The molecule has 0 radical (unpaired) electrons. The lowest BCUT2D eigenvalue weighted by atomic mass is 9.99. The summed E-state index contributed by atoms with van der Waals surface area (Å²) >= 11 is 5.63. The number of hydrogen-bond acceptors (Lipinski definition) is 2. The third-order valence-electron chi connectivity index (χ3n) is 2.94. The molecular formula is C17H16ClNO. The molecule has 0 saturated carbocycles. The lowest BCUT2D eigenvalue weighted by molar-refractivity contribution is 0.103. The molecule has 0 aromatic heterocycles. The SMILES string of the molecule is Nc1ccc(C=CCCCl)cc1C(=O)c1ccccc1. The van der Waals surface area contributed by atoms with E-state index in [1.807, 2.05) is 42.5 Å². The molecule has 0 saturated heterocycles. The quantitative estimate of drug-likeness (QED) is 0.510. The maximum absolute atomic E-state index is 12.4. The van der Waals surface area contributed by atoms with Crippen molar-refractivity contribution in [1.29, 1.82) is 0 Å². The molecule has 20 heavy (non-hydrogen) atoms. The molecule has 2 rings (SSSR count). The fourth-order valence-corrected chi connectivity index (χ4v) is 2.03. The molecule has 102 valence electrons. The second kappa shape index (κ2) is 6.92. The zero-order valence-corrected chi connectivity index (χ0v) is 11.8. The van der Waals surface area contributed by atoms with Gasteiger partial charge in [0, 0.05) is 22.7 Å². The second-order valence-corrected chi connectivity index (χ2v) is 4.80. The number of carbonyl (C=O) groups excluding carboxylic acids is 1. The van der Waals surface area contributed by atoms with Crippen LogP contribution in [0.15, 0.2) is 54.6 Å². The highest BCUT2D eigenvalue weighted by Crippen LogP contribution is 2.19. The van der Waals surface area contributed by atoms with Crippen molar-refractivity contribution in [3.05, 3.63) is 71.3 Å². The summed E-state index contributed by atoms with van der Waals surface area (Å²) in [5, 5.41) is 0. The van der Waals surface area contributed by atoms with Crippen LogP contribution in [0.2, 0.25) is 0 Å². The van der Waals surface area contributed by atoms with E-state index in [1.165, 1.54) is 0 Å². The molecule has 2 nitrogen and oxygen atoms in total. The zero-order chi connectivity index (χ0) is 14.4. The zero-order valence-electron chi connectivity index (χ0n) is 11.1. The summed E-state index contributed by atoms with van der Waals surface area (Å²) < 4.78 is 0. The summed E-state index contributed by atoms with van der Waals surface area (Å²) in [5.74, 6) is 0.525. The average molecular weight is 286 g/mol. The molecular weight excluding hydrogens is 270 g/mol. The van der Waals surface area contributed by atoms with Gasteiger partial charge in [-0.3, -0.25) is 4.79 Å². The van der Waals surface area contributed by atoms with E-state index in [2.05, 4.69) is 0 Å². The minimum atomic E-state index is -0.0595.